The van der Waals surface area contributed by atoms with E-state index in [1.54, 1.807) is 12.1 Å². The minimum Gasteiger partial charge on any atom is -0.369 e. The molecular weight excluding hydrogens is 366 g/mol. The van der Waals surface area contributed by atoms with Crippen LogP contribution in [0.3, 0.4) is 0 Å². The van der Waals surface area contributed by atoms with E-state index in [0.29, 0.717) is 12.2 Å². The summed E-state index contributed by atoms with van der Waals surface area (Å²) >= 11 is 5.36. The van der Waals surface area contributed by atoms with Crippen molar-refractivity contribution in [2.75, 3.05) is 31.1 Å². The molecule has 27 heavy (non-hydrogen) atoms. The van der Waals surface area contributed by atoms with Gasteiger partial charge in [0.2, 0.25) is 0 Å². The average molecular weight is 388 g/mol. The van der Waals surface area contributed by atoms with Crippen LogP contribution in [0.1, 0.15) is 12.1 Å². The Kier molecular flexibility index (Phi) is 4.97. The maximum atomic E-state index is 13.5. The zero-order valence-electron chi connectivity index (χ0n) is 15.2. The Morgan fingerprint density at radius 3 is 2.33 bits per heavy atom. The molecule has 2 aromatic carbocycles. The molecule has 0 atom stereocenters. The van der Waals surface area contributed by atoms with Gasteiger partial charge >= 0.3 is 6.55 Å². The van der Waals surface area contributed by atoms with Crippen LogP contribution in [0.15, 0.2) is 48.5 Å². The highest BCUT2D eigenvalue weighted by Crippen LogP contribution is 2.25. The Labute approximate surface area is 162 Å². The van der Waals surface area contributed by atoms with Crippen LogP contribution in [-0.2, 0) is 6.67 Å². The molecule has 2 heterocycles. The second-order valence-corrected chi connectivity index (χ2v) is 7.30. The van der Waals surface area contributed by atoms with E-state index in [-0.39, 0.29) is 4.77 Å². The van der Waals surface area contributed by atoms with Gasteiger partial charge in [0.15, 0.2) is 4.77 Å². The highest BCUT2D eigenvalue weighted by Gasteiger charge is 2.21. The lowest BCUT2D eigenvalue weighted by Gasteiger charge is -2.36. The first-order chi connectivity index (χ1) is 13.0. The number of fused-ring (bicyclic) bond motifs is 1. The van der Waals surface area contributed by atoms with E-state index in [1.807, 2.05) is 16.7 Å². The number of anilines is 1. The normalized spacial score (nSPS) is 15.8. The smallest absolute Gasteiger partial charge is 0.321 e. The molecule has 0 spiro atoms. The maximum absolute atomic E-state index is 13.5. The van der Waals surface area contributed by atoms with Crippen molar-refractivity contribution in [3.8, 4) is 0 Å². The molecule has 1 fully saturated rings. The number of benzene rings is 2. The van der Waals surface area contributed by atoms with Gasteiger partial charge in [-0.3, -0.25) is 9.47 Å². The molecule has 0 saturated carbocycles. The number of para-hydroxylation sites is 2. The minimum absolute atomic E-state index is 0.173. The molecule has 4 rings (SSSR count). The average Bonchev–Trinajstić information content (AvgIpc) is 2.94. The van der Waals surface area contributed by atoms with Crippen molar-refractivity contribution in [3.05, 3.63) is 58.9 Å². The van der Waals surface area contributed by atoms with Gasteiger partial charge in [-0.05, 0) is 49.0 Å². The van der Waals surface area contributed by atoms with Gasteiger partial charge in [-0.1, -0.05) is 24.3 Å². The quantitative estimate of drug-likeness (QED) is 0.605. The Bertz CT molecular complexity index is 1000. The molecule has 4 nitrogen and oxygen atoms in total. The van der Waals surface area contributed by atoms with E-state index in [2.05, 4.69) is 41.0 Å². The third kappa shape index (κ3) is 3.49. The van der Waals surface area contributed by atoms with Crippen molar-refractivity contribution in [1.29, 1.82) is 0 Å². The van der Waals surface area contributed by atoms with E-state index in [1.165, 1.54) is 11.3 Å². The Balaban J connectivity index is 1.53. The molecule has 1 saturated heterocycles. The van der Waals surface area contributed by atoms with Crippen LogP contribution in [0.25, 0.3) is 11.0 Å². The second-order valence-electron chi connectivity index (χ2n) is 6.93. The predicted octanol–water partition coefficient (Wildman–Crippen LogP) is 4.66. The summed E-state index contributed by atoms with van der Waals surface area (Å²) in [6.07, 6.45) is 0. The van der Waals surface area contributed by atoms with Gasteiger partial charge < -0.3 is 9.47 Å². The van der Waals surface area contributed by atoms with Crippen molar-refractivity contribution in [1.82, 2.24) is 14.0 Å². The fraction of sp³-hybridized carbons (Fsp3) is 0.350. The van der Waals surface area contributed by atoms with Gasteiger partial charge in [0.1, 0.15) is 0 Å². The van der Waals surface area contributed by atoms with Gasteiger partial charge in [0.25, 0.3) is 0 Å². The monoisotopic (exact) mass is 388 g/mol. The largest absolute Gasteiger partial charge is 0.369 e. The summed E-state index contributed by atoms with van der Waals surface area (Å²) in [4.78, 5) is 4.63. The molecular formula is C20H22F2N4S. The molecule has 1 aliphatic rings. The molecule has 0 aliphatic carbocycles. The van der Waals surface area contributed by atoms with E-state index >= 15 is 0 Å². The lowest BCUT2D eigenvalue weighted by Crippen LogP contribution is -2.46. The molecule has 0 unspecified atom stereocenters. The first kappa shape index (κ1) is 18.1. The van der Waals surface area contributed by atoms with E-state index in [9.17, 15) is 8.78 Å². The van der Waals surface area contributed by atoms with E-state index in [4.69, 9.17) is 12.2 Å². The van der Waals surface area contributed by atoms with Gasteiger partial charge in [-0.2, -0.15) is 8.78 Å². The van der Waals surface area contributed by atoms with Gasteiger partial charge in [-0.25, -0.2) is 0 Å². The minimum atomic E-state index is -2.64. The van der Waals surface area contributed by atoms with Gasteiger partial charge in [0.05, 0.1) is 17.7 Å². The van der Waals surface area contributed by atoms with E-state index < -0.39 is 6.55 Å². The van der Waals surface area contributed by atoms with Crippen molar-refractivity contribution >= 4 is 28.9 Å². The number of aryl methyl sites for hydroxylation is 1. The molecule has 3 aromatic rings. The molecule has 0 amide bonds. The SMILES string of the molecule is Cc1cccc(N2CCN(Cn3c(=S)n(C(F)F)c4ccccc43)CC2)c1. The Morgan fingerprint density at radius 1 is 0.963 bits per heavy atom. The van der Waals surface area contributed by atoms with Crippen LogP contribution >= 0.6 is 12.2 Å². The van der Waals surface area contributed by atoms with Gasteiger partial charge in [-0.15, -0.1) is 0 Å². The number of hydrogen-bond acceptors (Lipinski definition) is 3. The summed E-state index contributed by atoms with van der Waals surface area (Å²) in [7, 11) is 0. The Hall–Kier alpha value is -2.25. The number of hydrogen-bond donors (Lipinski definition) is 0. The topological polar surface area (TPSA) is 16.3 Å². The number of rotatable bonds is 4. The third-order valence-corrected chi connectivity index (χ3v) is 5.56. The van der Waals surface area contributed by atoms with Crippen molar-refractivity contribution < 1.29 is 8.78 Å². The molecule has 1 aliphatic heterocycles. The zero-order valence-corrected chi connectivity index (χ0v) is 16.0. The van der Waals surface area contributed by atoms with E-state index in [0.717, 1.165) is 36.3 Å². The summed E-state index contributed by atoms with van der Waals surface area (Å²) in [5.41, 5.74) is 3.72. The number of alkyl halides is 2. The fourth-order valence-electron chi connectivity index (χ4n) is 3.73. The van der Waals surface area contributed by atoms with Crippen LogP contribution in [0.4, 0.5) is 14.5 Å². The van der Waals surface area contributed by atoms with Crippen molar-refractivity contribution in [3.63, 3.8) is 0 Å². The summed E-state index contributed by atoms with van der Waals surface area (Å²) in [5, 5.41) is 0. The standard InChI is InChI=1S/C20H22F2N4S/c1-15-5-4-6-16(13-15)24-11-9-23(10-12-24)14-25-17-7-2-3-8-18(17)26(19(21)22)20(25)27/h2-8,13,19H,9-12,14H2,1H3. The second kappa shape index (κ2) is 7.40. The lowest BCUT2D eigenvalue weighted by atomic mass is 10.2. The van der Waals surface area contributed by atoms with Crippen LogP contribution in [0, 0.1) is 11.7 Å². The van der Waals surface area contributed by atoms with Gasteiger partial charge in [0, 0.05) is 31.9 Å². The van der Waals surface area contributed by atoms with Crippen molar-refractivity contribution in [2.24, 2.45) is 0 Å². The molecule has 142 valence electrons. The number of imidazole rings is 1. The van der Waals surface area contributed by atoms with Crippen LogP contribution < -0.4 is 4.90 Å². The van der Waals surface area contributed by atoms with Crippen molar-refractivity contribution in [2.45, 2.75) is 20.1 Å². The fourth-order valence-corrected chi connectivity index (χ4v) is 4.06. The number of halogens is 2. The molecule has 0 N–H and O–H groups in total. The predicted molar refractivity (Wildman–Crippen MR) is 107 cm³/mol. The first-order valence-electron chi connectivity index (χ1n) is 9.06. The molecule has 1 aromatic heterocycles. The number of aromatic nitrogens is 2. The summed E-state index contributed by atoms with van der Waals surface area (Å²) in [5.74, 6) is 0. The molecule has 0 radical (unpaired) electrons. The summed E-state index contributed by atoms with van der Waals surface area (Å²) < 4.78 is 29.9. The zero-order chi connectivity index (χ0) is 19.0. The third-order valence-electron chi connectivity index (χ3n) is 5.14. The number of nitrogens with zero attached hydrogens (tertiary/aromatic N) is 4. The summed E-state index contributed by atoms with van der Waals surface area (Å²) in [6.45, 7) is 3.53. The highest BCUT2D eigenvalue weighted by atomic mass is 32.1. The lowest BCUT2D eigenvalue weighted by molar-refractivity contribution is 0.0715. The van der Waals surface area contributed by atoms with Crippen LogP contribution in [0.2, 0.25) is 0 Å². The highest BCUT2D eigenvalue weighted by molar-refractivity contribution is 7.71. The maximum Gasteiger partial charge on any atom is 0.321 e. The Morgan fingerprint density at radius 2 is 1.67 bits per heavy atom. The van der Waals surface area contributed by atoms with Crippen LogP contribution in [0.5, 0.6) is 0 Å². The first-order valence-corrected chi connectivity index (χ1v) is 9.47. The summed E-state index contributed by atoms with van der Waals surface area (Å²) in [6, 6.07) is 15.7. The molecule has 7 heteroatoms. The number of piperazine rings is 1. The molecule has 0 bridgehead atoms. The van der Waals surface area contributed by atoms with Crippen LogP contribution in [-0.4, -0.2) is 40.2 Å².